The predicted octanol–water partition coefficient (Wildman–Crippen LogP) is 0.992. The fraction of sp³-hybridized carbons (Fsp3) is 0.500. The third kappa shape index (κ3) is 3.01. The number of nitrogens with zero attached hydrogens (tertiary/aromatic N) is 2. The van der Waals surface area contributed by atoms with Gasteiger partial charge < -0.3 is 15.5 Å². The standard InChI is InChI=1S/C14H21N3O/c1-12-2-4-13(5-3-12)16-8-10-17(11-9-16)14(18)6-7-15/h2-5H,6-11,15H2,1H3. The Balaban J connectivity index is 1.90. The van der Waals surface area contributed by atoms with Gasteiger partial charge in [0.15, 0.2) is 0 Å². The van der Waals surface area contributed by atoms with Crippen molar-refractivity contribution in [2.45, 2.75) is 13.3 Å². The Kier molecular flexibility index (Phi) is 4.20. The van der Waals surface area contributed by atoms with Crippen LogP contribution in [0.2, 0.25) is 0 Å². The van der Waals surface area contributed by atoms with E-state index in [1.165, 1.54) is 11.3 Å². The maximum Gasteiger partial charge on any atom is 0.223 e. The topological polar surface area (TPSA) is 49.6 Å². The molecule has 4 heteroatoms. The number of carbonyl (C=O) groups excluding carboxylic acids is 1. The van der Waals surface area contributed by atoms with Gasteiger partial charge in [0.1, 0.15) is 0 Å². The first-order chi connectivity index (χ1) is 8.70. The van der Waals surface area contributed by atoms with Gasteiger partial charge in [-0.05, 0) is 19.1 Å². The maximum atomic E-state index is 11.7. The summed E-state index contributed by atoms with van der Waals surface area (Å²) in [6, 6.07) is 8.54. The van der Waals surface area contributed by atoms with E-state index in [1.807, 2.05) is 4.90 Å². The van der Waals surface area contributed by atoms with Crippen LogP contribution in [0.25, 0.3) is 0 Å². The molecule has 0 aromatic heterocycles. The zero-order chi connectivity index (χ0) is 13.0. The molecule has 1 aromatic rings. The highest BCUT2D eigenvalue weighted by Crippen LogP contribution is 2.17. The Morgan fingerprint density at radius 1 is 1.17 bits per heavy atom. The van der Waals surface area contributed by atoms with Gasteiger partial charge in [0.2, 0.25) is 5.91 Å². The quantitative estimate of drug-likeness (QED) is 0.866. The van der Waals surface area contributed by atoms with E-state index >= 15 is 0 Å². The molecule has 2 N–H and O–H groups in total. The minimum absolute atomic E-state index is 0.182. The summed E-state index contributed by atoms with van der Waals surface area (Å²) in [5.74, 6) is 0.182. The highest BCUT2D eigenvalue weighted by atomic mass is 16.2. The minimum atomic E-state index is 0.182. The molecule has 0 radical (unpaired) electrons. The molecular weight excluding hydrogens is 226 g/mol. The average molecular weight is 247 g/mol. The fourth-order valence-electron chi connectivity index (χ4n) is 2.25. The first-order valence-corrected chi connectivity index (χ1v) is 6.50. The summed E-state index contributed by atoms with van der Waals surface area (Å²) in [5, 5.41) is 0. The molecule has 1 aromatic carbocycles. The summed E-state index contributed by atoms with van der Waals surface area (Å²) in [6.07, 6.45) is 0.463. The molecule has 4 nitrogen and oxygen atoms in total. The van der Waals surface area contributed by atoms with E-state index in [-0.39, 0.29) is 5.91 Å². The van der Waals surface area contributed by atoms with E-state index < -0.39 is 0 Å². The lowest BCUT2D eigenvalue weighted by Gasteiger charge is -2.36. The lowest BCUT2D eigenvalue weighted by Crippen LogP contribution is -2.49. The second-order valence-electron chi connectivity index (χ2n) is 4.74. The average Bonchev–Trinajstić information content (AvgIpc) is 2.40. The first-order valence-electron chi connectivity index (χ1n) is 6.50. The van der Waals surface area contributed by atoms with Gasteiger partial charge in [-0.2, -0.15) is 0 Å². The predicted molar refractivity (Wildman–Crippen MR) is 73.6 cm³/mol. The summed E-state index contributed by atoms with van der Waals surface area (Å²) >= 11 is 0. The summed E-state index contributed by atoms with van der Waals surface area (Å²) in [5.41, 5.74) is 7.93. The number of hydrogen-bond donors (Lipinski definition) is 1. The van der Waals surface area contributed by atoms with Gasteiger partial charge >= 0.3 is 0 Å². The smallest absolute Gasteiger partial charge is 0.223 e. The second kappa shape index (κ2) is 5.87. The lowest BCUT2D eigenvalue weighted by molar-refractivity contribution is -0.131. The highest BCUT2D eigenvalue weighted by Gasteiger charge is 2.20. The minimum Gasteiger partial charge on any atom is -0.368 e. The molecule has 0 bridgehead atoms. The van der Waals surface area contributed by atoms with E-state index in [0.717, 1.165) is 26.2 Å². The summed E-state index contributed by atoms with van der Waals surface area (Å²) < 4.78 is 0. The number of carbonyl (C=O) groups is 1. The van der Waals surface area contributed by atoms with E-state index in [2.05, 4.69) is 36.1 Å². The van der Waals surface area contributed by atoms with E-state index in [1.54, 1.807) is 0 Å². The second-order valence-corrected chi connectivity index (χ2v) is 4.74. The van der Waals surface area contributed by atoms with Gasteiger partial charge in [0, 0.05) is 44.8 Å². The molecule has 0 atom stereocenters. The molecule has 0 aliphatic carbocycles. The van der Waals surface area contributed by atoms with E-state index in [9.17, 15) is 4.79 Å². The Morgan fingerprint density at radius 2 is 1.78 bits per heavy atom. The number of piperazine rings is 1. The Morgan fingerprint density at radius 3 is 2.33 bits per heavy atom. The van der Waals surface area contributed by atoms with Crippen LogP contribution in [0.3, 0.4) is 0 Å². The van der Waals surface area contributed by atoms with Crippen molar-refractivity contribution < 1.29 is 4.79 Å². The molecular formula is C14H21N3O. The third-order valence-electron chi connectivity index (χ3n) is 3.39. The molecule has 2 rings (SSSR count). The van der Waals surface area contributed by atoms with Crippen molar-refractivity contribution in [3.8, 4) is 0 Å². The van der Waals surface area contributed by atoms with Crippen molar-refractivity contribution in [2.24, 2.45) is 5.73 Å². The molecule has 1 saturated heterocycles. The van der Waals surface area contributed by atoms with Crippen LogP contribution in [0.5, 0.6) is 0 Å². The van der Waals surface area contributed by atoms with E-state index in [4.69, 9.17) is 5.73 Å². The maximum absolute atomic E-state index is 11.7. The van der Waals surface area contributed by atoms with Gasteiger partial charge in [-0.15, -0.1) is 0 Å². The molecule has 1 heterocycles. The number of amides is 1. The molecule has 0 saturated carbocycles. The van der Waals surface area contributed by atoms with E-state index in [0.29, 0.717) is 13.0 Å². The SMILES string of the molecule is Cc1ccc(N2CCN(C(=O)CCN)CC2)cc1. The number of hydrogen-bond acceptors (Lipinski definition) is 3. The molecule has 98 valence electrons. The first kappa shape index (κ1) is 12.9. The van der Waals surface area contributed by atoms with Gasteiger partial charge in [-0.25, -0.2) is 0 Å². The van der Waals surface area contributed by atoms with Gasteiger partial charge in [0.25, 0.3) is 0 Å². The van der Waals surface area contributed by atoms with Crippen LogP contribution < -0.4 is 10.6 Å². The Labute approximate surface area is 108 Å². The van der Waals surface area contributed by atoms with Crippen LogP contribution in [-0.4, -0.2) is 43.5 Å². The van der Waals surface area contributed by atoms with Gasteiger partial charge in [-0.1, -0.05) is 17.7 Å². The van der Waals surface area contributed by atoms with Crippen molar-refractivity contribution >= 4 is 11.6 Å². The van der Waals surface area contributed by atoms with Crippen LogP contribution >= 0.6 is 0 Å². The lowest BCUT2D eigenvalue weighted by atomic mass is 10.2. The van der Waals surface area contributed by atoms with Crippen molar-refractivity contribution in [3.05, 3.63) is 29.8 Å². The normalized spacial score (nSPS) is 15.9. The van der Waals surface area contributed by atoms with Crippen LogP contribution in [0.4, 0.5) is 5.69 Å². The number of nitrogens with two attached hydrogens (primary N) is 1. The fourth-order valence-corrected chi connectivity index (χ4v) is 2.25. The molecule has 1 aliphatic rings. The Bertz CT molecular complexity index is 394. The van der Waals surface area contributed by atoms with Crippen molar-refractivity contribution in [2.75, 3.05) is 37.6 Å². The molecule has 18 heavy (non-hydrogen) atoms. The Hall–Kier alpha value is -1.55. The number of anilines is 1. The highest BCUT2D eigenvalue weighted by molar-refractivity contribution is 5.76. The van der Waals surface area contributed by atoms with Crippen molar-refractivity contribution in [3.63, 3.8) is 0 Å². The number of rotatable bonds is 3. The molecule has 0 spiro atoms. The monoisotopic (exact) mass is 247 g/mol. The zero-order valence-electron chi connectivity index (χ0n) is 10.9. The number of benzene rings is 1. The van der Waals surface area contributed by atoms with Crippen LogP contribution in [-0.2, 0) is 4.79 Å². The largest absolute Gasteiger partial charge is 0.368 e. The third-order valence-corrected chi connectivity index (χ3v) is 3.39. The molecule has 1 aliphatic heterocycles. The van der Waals surface area contributed by atoms with Crippen LogP contribution in [0, 0.1) is 6.92 Å². The molecule has 1 fully saturated rings. The molecule has 1 amide bonds. The molecule has 0 unspecified atom stereocenters. The summed E-state index contributed by atoms with van der Waals surface area (Å²) in [4.78, 5) is 16.0. The zero-order valence-corrected chi connectivity index (χ0v) is 10.9. The summed E-state index contributed by atoms with van der Waals surface area (Å²) in [7, 11) is 0. The van der Waals surface area contributed by atoms with Crippen molar-refractivity contribution in [1.82, 2.24) is 4.90 Å². The van der Waals surface area contributed by atoms with Crippen LogP contribution in [0.1, 0.15) is 12.0 Å². The summed E-state index contributed by atoms with van der Waals surface area (Å²) in [6.45, 7) is 5.93. The van der Waals surface area contributed by atoms with Gasteiger partial charge in [0.05, 0.1) is 0 Å². The number of aryl methyl sites for hydroxylation is 1. The van der Waals surface area contributed by atoms with Gasteiger partial charge in [-0.3, -0.25) is 4.79 Å². The van der Waals surface area contributed by atoms with Crippen molar-refractivity contribution in [1.29, 1.82) is 0 Å². The van der Waals surface area contributed by atoms with Crippen LogP contribution in [0.15, 0.2) is 24.3 Å².